The van der Waals surface area contributed by atoms with Crippen LogP contribution in [0.15, 0.2) is 42.5 Å². The Hall–Kier alpha value is -1.42. The third-order valence-corrected chi connectivity index (χ3v) is 3.52. The maximum absolute atomic E-state index is 13.8. The van der Waals surface area contributed by atoms with Crippen LogP contribution in [0.5, 0.6) is 0 Å². The molecule has 0 saturated heterocycles. The molecule has 2 aromatic rings. The average Bonchev–Trinajstić information content (AvgIpc) is 2.40. The number of benzene rings is 2. The van der Waals surface area contributed by atoms with E-state index in [9.17, 15) is 8.78 Å². The third kappa shape index (κ3) is 2.95. The predicted octanol–water partition coefficient (Wildman–Crippen LogP) is 5.02. The second kappa shape index (κ2) is 6.15. The summed E-state index contributed by atoms with van der Waals surface area (Å²) in [6.07, 6.45) is 0. The van der Waals surface area contributed by atoms with Crippen molar-refractivity contribution >= 4 is 27.3 Å². The van der Waals surface area contributed by atoms with E-state index in [0.717, 1.165) is 11.4 Å². The summed E-state index contributed by atoms with van der Waals surface area (Å²) >= 11 is 3.30. The molecule has 0 aromatic heterocycles. The average molecular weight is 326 g/mol. The SMILES string of the molecule is CCN(c1cccc(F)c1)c1cccc(F)c1CBr. The molecule has 0 radical (unpaired) electrons. The number of hydrogen-bond donors (Lipinski definition) is 0. The summed E-state index contributed by atoms with van der Waals surface area (Å²) in [5.74, 6) is -0.558. The summed E-state index contributed by atoms with van der Waals surface area (Å²) < 4.78 is 27.1. The third-order valence-electron chi connectivity index (χ3n) is 2.95. The maximum Gasteiger partial charge on any atom is 0.129 e. The van der Waals surface area contributed by atoms with Crippen molar-refractivity contribution in [2.75, 3.05) is 11.4 Å². The molecule has 0 aliphatic heterocycles. The van der Waals surface area contributed by atoms with E-state index in [-0.39, 0.29) is 11.6 Å². The van der Waals surface area contributed by atoms with Crippen molar-refractivity contribution in [2.24, 2.45) is 0 Å². The highest BCUT2D eigenvalue weighted by Gasteiger charge is 2.14. The largest absolute Gasteiger partial charge is 0.341 e. The molecule has 0 N–H and O–H groups in total. The zero-order valence-corrected chi connectivity index (χ0v) is 12.1. The summed E-state index contributed by atoms with van der Waals surface area (Å²) in [6.45, 7) is 2.58. The molecule has 0 spiro atoms. The van der Waals surface area contributed by atoms with Crippen LogP contribution in [0.25, 0.3) is 0 Å². The Labute approximate surface area is 120 Å². The van der Waals surface area contributed by atoms with Crippen LogP contribution in [0, 0.1) is 11.6 Å². The lowest BCUT2D eigenvalue weighted by Gasteiger charge is -2.25. The Morgan fingerprint density at radius 3 is 2.47 bits per heavy atom. The van der Waals surface area contributed by atoms with Gasteiger partial charge in [-0.1, -0.05) is 28.1 Å². The molecule has 0 heterocycles. The van der Waals surface area contributed by atoms with Gasteiger partial charge in [0.1, 0.15) is 11.6 Å². The molecule has 2 rings (SSSR count). The molecule has 0 atom stereocenters. The van der Waals surface area contributed by atoms with Gasteiger partial charge < -0.3 is 4.90 Å². The number of halogens is 3. The molecule has 0 amide bonds. The van der Waals surface area contributed by atoms with Gasteiger partial charge in [-0.15, -0.1) is 0 Å². The fraction of sp³-hybridized carbons (Fsp3) is 0.200. The number of alkyl halides is 1. The van der Waals surface area contributed by atoms with Crippen molar-refractivity contribution < 1.29 is 8.78 Å². The second-order valence-electron chi connectivity index (χ2n) is 4.10. The van der Waals surface area contributed by atoms with Crippen LogP contribution < -0.4 is 4.90 Å². The van der Waals surface area contributed by atoms with Crippen LogP contribution in [0.4, 0.5) is 20.2 Å². The monoisotopic (exact) mass is 325 g/mol. The Balaban J connectivity index is 2.51. The topological polar surface area (TPSA) is 3.24 Å². The van der Waals surface area contributed by atoms with Gasteiger partial charge >= 0.3 is 0 Å². The summed E-state index contributed by atoms with van der Waals surface area (Å²) in [5.41, 5.74) is 2.05. The summed E-state index contributed by atoms with van der Waals surface area (Å²) in [7, 11) is 0. The molecule has 4 heteroatoms. The summed E-state index contributed by atoms with van der Waals surface area (Å²) in [5, 5.41) is 0.417. The van der Waals surface area contributed by atoms with Gasteiger partial charge in [0.05, 0.1) is 0 Å². The van der Waals surface area contributed by atoms with Gasteiger partial charge in [0.15, 0.2) is 0 Å². The second-order valence-corrected chi connectivity index (χ2v) is 4.66. The summed E-state index contributed by atoms with van der Waals surface area (Å²) in [6, 6.07) is 11.3. The minimum atomic E-state index is -0.298. The van der Waals surface area contributed by atoms with E-state index in [4.69, 9.17) is 0 Å². The van der Waals surface area contributed by atoms with Crippen molar-refractivity contribution in [3.05, 3.63) is 59.7 Å². The van der Waals surface area contributed by atoms with Gasteiger partial charge in [-0.25, -0.2) is 8.78 Å². The normalized spacial score (nSPS) is 10.5. The van der Waals surface area contributed by atoms with Gasteiger partial charge in [-0.3, -0.25) is 0 Å². The Morgan fingerprint density at radius 2 is 1.84 bits per heavy atom. The fourth-order valence-electron chi connectivity index (χ4n) is 2.07. The Bertz CT molecular complexity index is 572. The number of anilines is 2. The van der Waals surface area contributed by atoms with Crippen molar-refractivity contribution in [1.82, 2.24) is 0 Å². The number of rotatable bonds is 4. The molecule has 0 aliphatic rings. The maximum atomic E-state index is 13.8. The van der Waals surface area contributed by atoms with Crippen molar-refractivity contribution in [3.8, 4) is 0 Å². The highest BCUT2D eigenvalue weighted by Crippen LogP contribution is 2.31. The van der Waals surface area contributed by atoms with E-state index in [1.54, 1.807) is 12.1 Å². The molecule has 19 heavy (non-hydrogen) atoms. The lowest BCUT2D eigenvalue weighted by molar-refractivity contribution is 0.617. The van der Waals surface area contributed by atoms with Crippen LogP contribution in [-0.2, 0) is 5.33 Å². The van der Waals surface area contributed by atoms with E-state index < -0.39 is 0 Å². The first-order chi connectivity index (χ1) is 9.17. The highest BCUT2D eigenvalue weighted by atomic mass is 79.9. The lowest BCUT2D eigenvalue weighted by Crippen LogP contribution is -2.18. The first kappa shape index (κ1) is 14.0. The van der Waals surface area contributed by atoms with Gasteiger partial charge in [0.25, 0.3) is 0 Å². The zero-order chi connectivity index (χ0) is 13.8. The van der Waals surface area contributed by atoms with E-state index in [1.807, 2.05) is 24.0 Å². The molecule has 2 aromatic carbocycles. The molecule has 0 fully saturated rings. The van der Waals surface area contributed by atoms with Crippen LogP contribution in [0.2, 0.25) is 0 Å². The quantitative estimate of drug-likeness (QED) is 0.713. The molecular weight excluding hydrogens is 312 g/mol. The number of nitrogens with zero attached hydrogens (tertiary/aromatic N) is 1. The molecule has 100 valence electrons. The predicted molar refractivity (Wildman–Crippen MR) is 78.1 cm³/mol. The van der Waals surface area contributed by atoms with Gasteiger partial charge in [-0.05, 0) is 37.3 Å². The van der Waals surface area contributed by atoms with Crippen LogP contribution in [-0.4, -0.2) is 6.54 Å². The standard InChI is InChI=1S/C15H14BrF2N/c1-2-19(12-6-3-5-11(17)9-12)15-8-4-7-14(18)13(15)10-16/h3-9H,2,10H2,1H3. The molecular formula is C15H14BrF2N. The minimum absolute atomic E-state index is 0.260. The van der Waals surface area contributed by atoms with Crippen molar-refractivity contribution in [2.45, 2.75) is 12.3 Å². The lowest BCUT2D eigenvalue weighted by atomic mass is 10.1. The van der Waals surface area contributed by atoms with Gasteiger partial charge in [0.2, 0.25) is 0 Å². The van der Waals surface area contributed by atoms with Crippen molar-refractivity contribution in [3.63, 3.8) is 0 Å². The van der Waals surface area contributed by atoms with Crippen molar-refractivity contribution in [1.29, 1.82) is 0 Å². The van der Waals surface area contributed by atoms with Gasteiger partial charge in [0, 0.05) is 28.8 Å². The Morgan fingerprint density at radius 1 is 1.11 bits per heavy atom. The first-order valence-electron chi connectivity index (χ1n) is 6.03. The zero-order valence-electron chi connectivity index (χ0n) is 10.5. The fourth-order valence-corrected chi connectivity index (χ4v) is 2.62. The summed E-state index contributed by atoms with van der Waals surface area (Å²) in [4.78, 5) is 1.89. The highest BCUT2D eigenvalue weighted by molar-refractivity contribution is 9.08. The smallest absolute Gasteiger partial charge is 0.129 e. The van der Waals surface area contributed by atoms with Crippen LogP contribution in [0.1, 0.15) is 12.5 Å². The first-order valence-corrected chi connectivity index (χ1v) is 7.16. The molecule has 0 saturated carbocycles. The minimum Gasteiger partial charge on any atom is -0.341 e. The molecule has 0 bridgehead atoms. The molecule has 1 nitrogen and oxygen atoms in total. The van der Waals surface area contributed by atoms with Crippen LogP contribution >= 0.6 is 15.9 Å². The number of hydrogen-bond acceptors (Lipinski definition) is 1. The van der Waals surface area contributed by atoms with E-state index in [1.165, 1.54) is 18.2 Å². The van der Waals surface area contributed by atoms with Crippen LogP contribution in [0.3, 0.4) is 0 Å². The van der Waals surface area contributed by atoms with E-state index in [2.05, 4.69) is 15.9 Å². The molecule has 0 unspecified atom stereocenters. The Kier molecular flexibility index (Phi) is 4.53. The van der Waals surface area contributed by atoms with E-state index >= 15 is 0 Å². The van der Waals surface area contributed by atoms with Gasteiger partial charge in [-0.2, -0.15) is 0 Å². The van der Waals surface area contributed by atoms with E-state index in [0.29, 0.717) is 17.4 Å². The molecule has 0 aliphatic carbocycles.